The van der Waals surface area contributed by atoms with Crippen LogP contribution in [0.15, 0.2) is 36.4 Å². The lowest BCUT2D eigenvalue weighted by Gasteiger charge is -2.22. The Morgan fingerprint density at radius 3 is 2.87 bits per heavy atom. The first kappa shape index (κ1) is 14.7. The van der Waals surface area contributed by atoms with Crippen LogP contribution in [-0.4, -0.2) is 36.7 Å². The maximum absolute atomic E-state index is 12.9. The zero-order chi connectivity index (χ0) is 16.2. The van der Waals surface area contributed by atoms with Gasteiger partial charge in [0.15, 0.2) is 0 Å². The molecular formula is C17H16ClNO4. The lowest BCUT2D eigenvalue weighted by atomic mass is 9.77. The van der Waals surface area contributed by atoms with E-state index in [1.54, 1.807) is 36.1 Å². The van der Waals surface area contributed by atoms with Crippen LogP contribution in [-0.2, 0) is 19.1 Å². The highest BCUT2D eigenvalue weighted by atomic mass is 35.5. The van der Waals surface area contributed by atoms with Crippen LogP contribution in [0.4, 0.5) is 5.69 Å². The number of carbonyl (C=O) groups excluding carboxylic acids is 2. The molecule has 1 aromatic rings. The first-order chi connectivity index (χ1) is 11.1. The number of amides is 1. The zero-order valence-electron chi connectivity index (χ0n) is 12.6. The minimum absolute atomic E-state index is 0.0998. The van der Waals surface area contributed by atoms with Gasteiger partial charge >= 0.3 is 5.97 Å². The molecule has 2 fully saturated rings. The lowest BCUT2D eigenvalue weighted by Crippen LogP contribution is -2.40. The Kier molecular flexibility index (Phi) is 3.25. The van der Waals surface area contributed by atoms with Crippen molar-refractivity contribution in [3.05, 3.63) is 41.4 Å². The van der Waals surface area contributed by atoms with Crippen LogP contribution < -0.4 is 4.90 Å². The van der Waals surface area contributed by atoms with E-state index >= 15 is 0 Å². The quantitative estimate of drug-likeness (QED) is 0.628. The van der Waals surface area contributed by atoms with Gasteiger partial charge in [-0.3, -0.25) is 9.59 Å². The molecule has 1 amide bonds. The molecule has 2 bridgehead atoms. The van der Waals surface area contributed by atoms with Crippen molar-refractivity contribution in [2.45, 2.75) is 18.6 Å². The third kappa shape index (κ3) is 2.03. The van der Waals surface area contributed by atoms with Crippen molar-refractivity contribution in [3.8, 4) is 0 Å². The Labute approximate surface area is 138 Å². The highest BCUT2D eigenvalue weighted by Crippen LogP contribution is 2.52. The normalized spacial score (nSPS) is 34.1. The molecular weight excluding hydrogens is 318 g/mol. The first-order valence-corrected chi connectivity index (χ1v) is 8.04. The SMILES string of the molecule is CCOC(=O)[C@@H]1[C@@H]2C=C[C@]3(CN(c4ccc(Cl)cc4)C(=O)[C@H]13)O2. The van der Waals surface area contributed by atoms with Gasteiger partial charge < -0.3 is 14.4 Å². The Bertz CT molecular complexity index is 701. The van der Waals surface area contributed by atoms with Gasteiger partial charge in [-0.25, -0.2) is 0 Å². The summed E-state index contributed by atoms with van der Waals surface area (Å²) in [6.07, 6.45) is 3.43. The van der Waals surface area contributed by atoms with Crippen molar-refractivity contribution in [1.29, 1.82) is 0 Å². The van der Waals surface area contributed by atoms with E-state index in [2.05, 4.69) is 0 Å². The van der Waals surface area contributed by atoms with Crippen LogP contribution in [0.2, 0.25) is 5.02 Å². The number of anilines is 1. The maximum Gasteiger partial charge on any atom is 0.312 e. The number of benzene rings is 1. The fourth-order valence-electron chi connectivity index (χ4n) is 3.85. The predicted octanol–water partition coefficient (Wildman–Crippen LogP) is 2.19. The van der Waals surface area contributed by atoms with Gasteiger partial charge in [-0.05, 0) is 31.2 Å². The fraction of sp³-hybridized carbons (Fsp3) is 0.412. The average Bonchev–Trinajstić information content (AvgIpc) is 3.17. The van der Waals surface area contributed by atoms with E-state index in [0.29, 0.717) is 18.2 Å². The number of hydrogen-bond acceptors (Lipinski definition) is 4. The summed E-state index contributed by atoms with van der Waals surface area (Å²) in [4.78, 5) is 26.9. The topological polar surface area (TPSA) is 55.8 Å². The molecule has 23 heavy (non-hydrogen) atoms. The van der Waals surface area contributed by atoms with Gasteiger partial charge in [-0.15, -0.1) is 0 Å². The molecule has 1 aromatic carbocycles. The summed E-state index contributed by atoms with van der Waals surface area (Å²) in [5.74, 6) is -1.55. The molecule has 120 valence electrons. The fourth-order valence-corrected chi connectivity index (χ4v) is 3.97. The summed E-state index contributed by atoms with van der Waals surface area (Å²) in [6.45, 7) is 2.45. The Morgan fingerprint density at radius 1 is 1.43 bits per heavy atom. The maximum atomic E-state index is 12.9. The first-order valence-electron chi connectivity index (χ1n) is 7.66. The predicted molar refractivity (Wildman–Crippen MR) is 84.2 cm³/mol. The van der Waals surface area contributed by atoms with Crippen LogP contribution in [0.1, 0.15) is 6.92 Å². The number of fused-ring (bicyclic) bond motifs is 1. The van der Waals surface area contributed by atoms with E-state index in [0.717, 1.165) is 5.69 Å². The average molecular weight is 334 g/mol. The number of hydrogen-bond donors (Lipinski definition) is 0. The summed E-state index contributed by atoms with van der Waals surface area (Å²) >= 11 is 5.91. The molecule has 4 atom stereocenters. The van der Waals surface area contributed by atoms with Crippen molar-refractivity contribution in [1.82, 2.24) is 0 Å². The van der Waals surface area contributed by atoms with Crippen molar-refractivity contribution in [2.75, 3.05) is 18.1 Å². The second-order valence-corrected chi connectivity index (χ2v) is 6.49. The van der Waals surface area contributed by atoms with Crippen LogP contribution in [0.3, 0.4) is 0 Å². The highest BCUT2D eigenvalue weighted by molar-refractivity contribution is 6.30. The smallest absolute Gasteiger partial charge is 0.312 e. The minimum Gasteiger partial charge on any atom is -0.466 e. The number of halogens is 1. The molecule has 1 spiro atoms. The lowest BCUT2D eigenvalue weighted by molar-refractivity contribution is -0.151. The molecule has 2 saturated heterocycles. The number of nitrogens with zero attached hydrogens (tertiary/aromatic N) is 1. The Balaban J connectivity index is 1.68. The van der Waals surface area contributed by atoms with Gasteiger partial charge in [-0.1, -0.05) is 23.8 Å². The van der Waals surface area contributed by atoms with Crippen molar-refractivity contribution in [2.24, 2.45) is 11.8 Å². The summed E-state index contributed by atoms with van der Waals surface area (Å²) in [7, 11) is 0. The molecule has 0 unspecified atom stereocenters. The molecule has 3 heterocycles. The van der Waals surface area contributed by atoms with Crippen molar-refractivity contribution < 1.29 is 19.1 Å². The molecule has 0 radical (unpaired) electrons. The van der Waals surface area contributed by atoms with Crippen LogP contribution in [0, 0.1) is 11.8 Å². The number of ether oxygens (including phenoxy) is 2. The van der Waals surface area contributed by atoms with Gasteiger partial charge in [0.1, 0.15) is 11.5 Å². The van der Waals surface area contributed by atoms with E-state index in [4.69, 9.17) is 21.1 Å². The van der Waals surface area contributed by atoms with Gasteiger partial charge in [0.05, 0.1) is 25.2 Å². The molecule has 0 aliphatic carbocycles. The summed E-state index contributed by atoms with van der Waals surface area (Å²) in [5.41, 5.74) is 0.0324. The minimum atomic E-state index is -0.723. The van der Waals surface area contributed by atoms with E-state index in [-0.39, 0.29) is 18.0 Å². The van der Waals surface area contributed by atoms with E-state index < -0.39 is 17.4 Å². The summed E-state index contributed by atoms with van der Waals surface area (Å²) < 4.78 is 11.2. The molecule has 5 nitrogen and oxygen atoms in total. The molecule has 3 aliphatic rings. The zero-order valence-corrected chi connectivity index (χ0v) is 13.3. The van der Waals surface area contributed by atoms with E-state index in [9.17, 15) is 9.59 Å². The number of carbonyl (C=O) groups is 2. The summed E-state index contributed by atoms with van der Waals surface area (Å²) in [6, 6.07) is 7.08. The Morgan fingerprint density at radius 2 is 2.17 bits per heavy atom. The third-order valence-electron chi connectivity index (χ3n) is 4.80. The van der Waals surface area contributed by atoms with Crippen LogP contribution >= 0.6 is 11.6 Å². The van der Waals surface area contributed by atoms with Gasteiger partial charge in [0.25, 0.3) is 0 Å². The molecule has 0 N–H and O–H groups in total. The van der Waals surface area contributed by atoms with E-state index in [1.165, 1.54) is 0 Å². The third-order valence-corrected chi connectivity index (χ3v) is 5.05. The largest absolute Gasteiger partial charge is 0.466 e. The van der Waals surface area contributed by atoms with Crippen molar-refractivity contribution >= 4 is 29.2 Å². The van der Waals surface area contributed by atoms with Gasteiger partial charge in [0.2, 0.25) is 5.91 Å². The monoisotopic (exact) mass is 333 g/mol. The van der Waals surface area contributed by atoms with Gasteiger partial charge in [0, 0.05) is 10.7 Å². The number of esters is 1. The summed E-state index contributed by atoms with van der Waals surface area (Å²) in [5, 5.41) is 0.611. The van der Waals surface area contributed by atoms with Gasteiger partial charge in [-0.2, -0.15) is 0 Å². The van der Waals surface area contributed by atoms with Crippen molar-refractivity contribution in [3.63, 3.8) is 0 Å². The molecule has 0 saturated carbocycles. The van der Waals surface area contributed by atoms with Crippen LogP contribution in [0.25, 0.3) is 0 Å². The standard InChI is InChI=1S/C17H16ClNO4/c1-2-22-16(21)13-12-7-8-17(23-12)9-19(15(20)14(13)17)11-5-3-10(18)4-6-11/h3-8,12-14H,2,9H2,1H3/t12-,13+,14-,17+/m0/s1. The second kappa shape index (κ2) is 5.08. The molecule has 0 aromatic heterocycles. The highest BCUT2D eigenvalue weighted by Gasteiger charge is 2.67. The Hall–Kier alpha value is -1.85. The molecule has 4 rings (SSSR count). The second-order valence-electron chi connectivity index (χ2n) is 6.05. The molecule has 3 aliphatic heterocycles. The van der Waals surface area contributed by atoms with E-state index in [1.807, 2.05) is 12.2 Å². The van der Waals surface area contributed by atoms with Crippen LogP contribution in [0.5, 0.6) is 0 Å². The molecule has 6 heteroatoms. The number of rotatable bonds is 3.